The van der Waals surface area contributed by atoms with Gasteiger partial charge in [0.05, 0.1) is 10.6 Å². The van der Waals surface area contributed by atoms with Gasteiger partial charge in [-0.25, -0.2) is 8.42 Å². The smallest absolute Gasteiger partial charge is 0.264 e. The predicted octanol–water partition coefficient (Wildman–Crippen LogP) is 8.24. The normalized spacial score (nSPS) is 14.2. The molecule has 1 fully saturated rings. The number of anilines is 1. The molecule has 0 radical (unpaired) electrons. The van der Waals surface area contributed by atoms with E-state index in [0.717, 1.165) is 47.5 Å². The number of rotatable bonds is 12. The topological polar surface area (TPSA) is 86.8 Å². The van der Waals surface area contributed by atoms with Crippen molar-refractivity contribution in [2.24, 2.45) is 0 Å². The summed E-state index contributed by atoms with van der Waals surface area (Å²) in [6, 6.07) is 26.1. The third kappa shape index (κ3) is 8.91. The first-order chi connectivity index (χ1) is 23.0. The molecule has 0 aliphatic heterocycles. The van der Waals surface area contributed by atoms with Crippen molar-refractivity contribution in [2.75, 3.05) is 10.8 Å². The zero-order valence-electron chi connectivity index (χ0n) is 26.6. The van der Waals surface area contributed by atoms with Gasteiger partial charge in [-0.1, -0.05) is 108 Å². The molecule has 4 aromatic carbocycles. The number of halogens is 3. The minimum Gasteiger partial charge on any atom is -0.352 e. The number of aryl methyl sites for hydroxylation is 1. The second-order valence-electron chi connectivity index (χ2n) is 12.1. The average Bonchev–Trinajstić information content (AvgIpc) is 3.08. The minimum atomic E-state index is -4.25. The number of sulfonamides is 1. The Balaban J connectivity index is 1.59. The second-order valence-corrected chi connectivity index (χ2v) is 15.2. The third-order valence-corrected chi connectivity index (χ3v) is 11.4. The van der Waals surface area contributed by atoms with Crippen molar-refractivity contribution in [3.63, 3.8) is 0 Å². The van der Waals surface area contributed by atoms with Crippen molar-refractivity contribution in [3.05, 3.63) is 129 Å². The highest BCUT2D eigenvalue weighted by Gasteiger charge is 2.36. The second kappa shape index (κ2) is 16.2. The molecule has 0 bridgehead atoms. The molecule has 1 saturated carbocycles. The number of nitrogens with zero attached hydrogens (tertiary/aromatic N) is 2. The molecular formula is C37H38Cl3N3O4S. The number of carbonyl (C=O) groups excluding carboxylic acids is 2. The first kappa shape index (κ1) is 35.7. The number of carbonyl (C=O) groups is 2. The maximum Gasteiger partial charge on any atom is 0.264 e. The highest BCUT2D eigenvalue weighted by atomic mass is 35.5. The molecule has 1 N–H and O–H groups in total. The van der Waals surface area contributed by atoms with E-state index in [1.165, 1.54) is 29.2 Å². The van der Waals surface area contributed by atoms with Crippen molar-refractivity contribution in [1.82, 2.24) is 10.2 Å². The number of hydrogen-bond acceptors (Lipinski definition) is 4. The fraction of sp³-hybridized carbons (Fsp3) is 0.297. The van der Waals surface area contributed by atoms with Gasteiger partial charge in [0.1, 0.15) is 12.6 Å². The van der Waals surface area contributed by atoms with Gasteiger partial charge in [0.25, 0.3) is 10.0 Å². The molecule has 1 aliphatic rings. The molecule has 4 aromatic rings. The van der Waals surface area contributed by atoms with Crippen LogP contribution in [0.1, 0.15) is 48.8 Å². The summed E-state index contributed by atoms with van der Waals surface area (Å²) in [5.74, 6) is -0.909. The molecule has 48 heavy (non-hydrogen) atoms. The molecule has 0 heterocycles. The molecule has 7 nitrogen and oxygen atoms in total. The minimum absolute atomic E-state index is 0.0142. The molecule has 1 aliphatic carbocycles. The summed E-state index contributed by atoms with van der Waals surface area (Å²) < 4.78 is 29.5. The standard InChI is InChI=1S/C37H38Cl3N3O4S/c1-26-15-19-30(20-16-26)43(48(46,47)31-21-17-28(38)18-22-31)25-36(44)42(24-32-33(39)13-8-14-34(32)40)35(23-27-9-4-2-5-10-27)37(45)41-29-11-6-3-7-12-29/h2,4-5,8-10,13-22,29,35H,3,6-7,11-12,23-25H2,1H3,(H,41,45). The van der Waals surface area contributed by atoms with E-state index in [9.17, 15) is 18.0 Å². The summed E-state index contributed by atoms with van der Waals surface area (Å²) in [6.07, 6.45) is 5.05. The van der Waals surface area contributed by atoms with Crippen LogP contribution >= 0.6 is 34.8 Å². The van der Waals surface area contributed by atoms with E-state index in [2.05, 4.69) is 5.32 Å². The van der Waals surface area contributed by atoms with Gasteiger partial charge in [-0.2, -0.15) is 0 Å². The lowest BCUT2D eigenvalue weighted by molar-refractivity contribution is -0.140. The van der Waals surface area contributed by atoms with E-state index in [1.807, 2.05) is 37.3 Å². The quantitative estimate of drug-likeness (QED) is 0.159. The van der Waals surface area contributed by atoms with E-state index in [-0.39, 0.29) is 29.8 Å². The van der Waals surface area contributed by atoms with Gasteiger partial charge in [-0.05, 0) is 73.9 Å². The summed E-state index contributed by atoms with van der Waals surface area (Å²) in [6.45, 7) is 1.19. The maximum atomic E-state index is 14.7. The molecule has 5 rings (SSSR count). The van der Waals surface area contributed by atoms with Crippen molar-refractivity contribution < 1.29 is 18.0 Å². The van der Waals surface area contributed by atoms with Gasteiger partial charge >= 0.3 is 0 Å². The van der Waals surface area contributed by atoms with E-state index in [1.54, 1.807) is 42.5 Å². The lowest BCUT2D eigenvalue weighted by Gasteiger charge is -2.35. The fourth-order valence-electron chi connectivity index (χ4n) is 5.93. The Bertz CT molecular complexity index is 1800. The molecule has 0 spiro atoms. The van der Waals surface area contributed by atoms with E-state index < -0.39 is 28.5 Å². The molecular weight excluding hydrogens is 689 g/mol. The van der Waals surface area contributed by atoms with E-state index in [0.29, 0.717) is 26.3 Å². The largest absolute Gasteiger partial charge is 0.352 e. The predicted molar refractivity (Wildman–Crippen MR) is 193 cm³/mol. The van der Waals surface area contributed by atoms with Crippen LogP contribution in [0.3, 0.4) is 0 Å². The van der Waals surface area contributed by atoms with Crippen molar-refractivity contribution in [2.45, 2.75) is 69.0 Å². The molecule has 11 heteroatoms. The summed E-state index contributed by atoms with van der Waals surface area (Å²) >= 11 is 19.3. The Morgan fingerprint density at radius 1 is 0.812 bits per heavy atom. The first-order valence-corrected chi connectivity index (χ1v) is 18.5. The molecule has 252 valence electrons. The lowest BCUT2D eigenvalue weighted by atomic mass is 9.94. The van der Waals surface area contributed by atoms with Crippen molar-refractivity contribution in [3.8, 4) is 0 Å². The van der Waals surface area contributed by atoms with Gasteiger partial charge in [-0.3, -0.25) is 13.9 Å². The zero-order chi connectivity index (χ0) is 34.3. The molecule has 2 amide bonds. The van der Waals surface area contributed by atoms with Crippen LogP contribution in [0.15, 0.2) is 102 Å². The molecule has 0 aromatic heterocycles. The highest BCUT2D eigenvalue weighted by molar-refractivity contribution is 7.92. The third-order valence-electron chi connectivity index (χ3n) is 8.62. The van der Waals surface area contributed by atoms with Crippen LogP contribution in [0.25, 0.3) is 0 Å². The number of hydrogen-bond donors (Lipinski definition) is 1. The van der Waals surface area contributed by atoms with Crippen molar-refractivity contribution in [1.29, 1.82) is 0 Å². The van der Waals surface area contributed by atoms with Crippen LogP contribution in [-0.2, 0) is 32.6 Å². The molecule has 1 atom stereocenters. The summed E-state index contributed by atoms with van der Waals surface area (Å²) in [4.78, 5) is 30.3. The number of nitrogens with one attached hydrogen (secondary N) is 1. The summed E-state index contributed by atoms with van der Waals surface area (Å²) in [7, 11) is -4.25. The van der Waals surface area contributed by atoms with E-state index >= 15 is 0 Å². The van der Waals surface area contributed by atoms with Crippen LogP contribution in [0.2, 0.25) is 15.1 Å². The number of benzene rings is 4. The summed E-state index contributed by atoms with van der Waals surface area (Å²) in [5.41, 5.74) is 2.52. The van der Waals surface area contributed by atoms with Crippen LogP contribution in [-0.4, -0.2) is 43.8 Å². The Morgan fingerprint density at radius 2 is 1.44 bits per heavy atom. The monoisotopic (exact) mass is 725 g/mol. The molecule has 1 unspecified atom stereocenters. The summed E-state index contributed by atoms with van der Waals surface area (Å²) in [5, 5.41) is 4.23. The van der Waals surface area contributed by atoms with Crippen LogP contribution in [0, 0.1) is 6.92 Å². The Hall–Kier alpha value is -3.56. The van der Waals surface area contributed by atoms with Gasteiger partial charge in [0.15, 0.2) is 0 Å². The van der Waals surface area contributed by atoms with Gasteiger partial charge < -0.3 is 10.2 Å². The van der Waals surface area contributed by atoms with Gasteiger partial charge in [0, 0.05) is 39.6 Å². The van der Waals surface area contributed by atoms with Gasteiger partial charge in [-0.15, -0.1) is 0 Å². The van der Waals surface area contributed by atoms with E-state index in [4.69, 9.17) is 34.8 Å². The van der Waals surface area contributed by atoms with Gasteiger partial charge in [0.2, 0.25) is 11.8 Å². The fourth-order valence-corrected chi connectivity index (χ4v) is 7.98. The molecule has 0 saturated heterocycles. The Kier molecular flexibility index (Phi) is 12.1. The van der Waals surface area contributed by atoms with Crippen molar-refractivity contribution >= 4 is 62.3 Å². The maximum absolute atomic E-state index is 14.7. The SMILES string of the molecule is Cc1ccc(N(CC(=O)N(Cc2c(Cl)cccc2Cl)C(Cc2ccccc2)C(=O)NC2CCCCC2)S(=O)(=O)c2ccc(Cl)cc2)cc1. The zero-order valence-corrected chi connectivity index (χ0v) is 29.7. The Morgan fingerprint density at radius 3 is 2.06 bits per heavy atom. The number of amides is 2. The first-order valence-electron chi connectivity index (χ1n) is 15.9. The van der Waals surface area contributed by atoms with Crippen LogP contribution < -0.4 is 9.62 Å². The van der Waals surface area contributed by atoms with Crippen LogP contribution in [0.5, 0.6) is 0 Å². The highest BCUT2D eigenvalue weighted by Crippen LogP contribution is 2.30. The Labute approximate surface area is 297 Å². The lowest BCUT2D eigenvalue weighted by Crippen LogP contribution is -2.55. The van der Waals surface area contributed by atoms with Crippen LogP contribution in [0.4, 0.5) is 5.69 Å². The average molecular weight is 727 g/mol.